The summed E-state index contributed by atoms with van der Waals surface area (Å²) in [5.41, 5.74) is 0.549. The molecule has 0 amide bonds. The van der Waals surface area contributed by atoms with E-state index in [1.807, 2.05) is 0 Å². The highest BCUT2D eigenvalue weighted by Gasteiger charge is 2.11. The summed E-state index contributed by atoms with van der Waals surface area (Å²) >= 11 is 3.01. The Morgan fingerprint density at radius 3 is 2.71 bits per heavy atom. The minimum atomic E-state index is -2.52. The molecule has 1 aromatic carbocycles. The van der Waals surface area contributed by atoms with Crippen molar-refractivity contribution >= 4 is 22.4 Å². The third-order valence-electron chi connectivity index (χ3n) is 1.60. The van der Waals surface area contributed by atoms with E-state index in [2.05, 4.69) is 20.7 Å². The average molecular weight is 264 g/mol. The van der Waals surface area contributed by atoms with Crippen LogP contribution in [0.25, 0.3) is 0 Å². The van der Waals surface area contributed by atoms with Gasteiger partial charge in [-0.3, -0.25) is 0 Å². The molecule has 0 N–H and O–H groups in total. The molecule has 75 valence electrons. The molecule has 0 aliphatic heterocycles. The lowest BCUT2D eigenvalue weighted by atomic mass is 10.1. The summed E-state index contributed by atoms with van der Waals surface area (Å²) in [6.45, 7) is 1.29. The van der Waals surface area contributed by atoms with Crippen LogP contribution in [-0.2, 0) is 16.1 Å². The van der Waals surface area contributed by atoms with Gasteiger partial charge in [-0.15, -0.1) is 0 Å². The van der Waals surface area contributed by atoms with Crippen molar-refractivity contribution in [3.8, 4) is 0 Å². The minimum Gasteiger partial charge on any atom is -0.452 e. The summed E-state index contributed by atoms with van der Waals surface area (Å²) in [4.78, 5) is 9.76. The lowest BCUT2D eigenvalue weighted by Gasteiger charge is -2.05. The van der Waals surface area contributed by atoms with Crippen LogP contribution in [0.15, 0.2) is 22.7 Å². The fraction of sp³-hybridized carbons (Fsp3) is 0.222. The smallest absolute Gasteiger partial charge is 0.417 e. The fourth-order valence-electron chi connectivity index (χ4n) is 0.950. The molecule has 0 atom stereocenters. The van der Waals surface area contributed by atoms with Crippen molar-refractivity contribution in [3.63, 3.8) is 0 Å². The highest BCUT2D eigenvalue weighted by molar-refractivity contribution is 9.10. The molecule has 1 radical (unpaired) electrons. The molecule has 0 fully saturated rings. The van der Waals surface area contributed by atoms with E-state index >= 15 is 0 Å². The van der Waals surface area contributed by atoms with Gasteiger partial charge < -0.3 is 4.74 Å². The van der Waals surface area contributed by atoms with Crippen LogP contribution in [-0.4, -0.2) is 6.47 Å². The highest BCUT2D eigenvalue weighted by atomic mass is 79.9. The maximum absolute atomic E-state index is 12.3. The molecule has 2 nitrogen and oxygen atoms in total. The van der Waals surface area contributed by atoms with Gasteiger partial charge in [0.25, 0.3) is 6.43 Å². The molecule has 0 aromatic heterocycles. The lowest BCUT2D eigenvalue weighted by molar-refractivity contribution is 0.150. The first kappa shape index (κ1) is 11.1. The van der Waals surface area contributed by atoms with Crippen molar-refractivity contribution in [2.45, 2.75) is 13.0 Å². The summed E-state index contributed by atoms with van der Waals surface area (Å²) in [6.07, 6.45) is -2.52. The van der Waals surface area contributed by atoms with Crippen molar-refractivity contribution in [3.05, 3.63) is 33.8 Å². The third kappa shape index (κ3) is 2.77. The molecular weight excluding hydrogens is 258 g/mol. The van der Waals surface area contributed by atoms with Gasteiger partial charge in [-0.05, 0) is 11.6 Å². The lowest BCUT2D eigenvalue weighted by Crippen LogP contribution is -1.92. The van der Waals surface area contributed by atoms with Gasteiger partial charge in [-0.25, -0.2) is 13.6 Å². The Labute approximate surface area is 88.0 Å². The van der Waals surface area contributed by atoms with Crippen LogP contribution in [0.4, 0.5) is 8.78 Å². The van der Waals surface area contributed by atoms with Crippen LogP contribution in [0.5, 0.6) is 0 Å². The molecule has 5 heteroatoms. The molecule has 0 saturated carbocycles. The van der Waals surface area contributed by atoms with Crippen molar-refractivity contribution in [2.75, 3.05) is 0 Å². The van der Waals surface area contributed by atoms with Crippen LogP contribution in [0.3, 0.4) is 0 Å². The quantitative estimate of drug-likeness (QED) is 0.835. The zero-order chi connectivity index (χ0) is 10.6. The van der Waals surface area contributed by atoms with E-state index in [4.69, 9.17) is 0 Å². The van der Waals surface area contributed by atoms with E-state index in [-0.39, 0.29) is 12.2 Å². The van der Waals surface area contributed by atoms with Gasteiger partial charge in [0, 0.05) is 10.0 Å². The molecule has 0 heterocycles. The van der Waals surface area contributed by atoms with Crippen LogP contribution >= 0.6 is 15.9 Å². The Bertz CT molecular complexity index is 329. The highest BCUT2D eigenvalue weighted by Crippen LogP contribution is 2.28. The second kappa shape index (κ2) is 5.05. The zero-order valence-electron chi connectivity index (χ0n) is 6.97. The zero-order valence-corrected chi connectivity index (χ0v) is 8.55. The van der Waals surface area contributed by atoms with E-state index in [1.54, 1.807) is 0 Å². The summed E-state index contributed by atoms with van der Waals surface area (Å²) in [7, 11) is 0. The van der Waals surface area contributed by atoms with Crippen LogP contribution in [0.1, 0.15) is 17.6 Å². The van der Waals surface area contributed by atoms with E-state index < -0.39 is 6.43 Å². The minimum absolute atomic E-state index is 0.0334. The first-order valence-corrected chi connectivity index (χ1v) is 4.50. The largest absolute Gasteiger partial charge is 0.452 e. The second-order valence-electron chi connectivity index (χ2n) is 2.53. The predicted molar refractivity (Wildman–Crippen MR) is 49.6 cm³/mol. The second-order valence-corrected chi connectivity index (χ2v) is 3.38. The van der Waals surface area contributed by atoms with E-state index in [1.165, 1.54) is 24.7 Å². The van der Waals surface area contributed by atoms with Crippen molar-refractivity contribution in [1.29, 1.82) is 0 Å². The molecule has 0 aliphatic rings. The number of ether oxygens (including phenoxy) is 1. The monoisotopic (exact) mass is 263 g/mol. The fourth-order valence-corrected chi connectivity index (χ4v) is 1.55. The average Bonchev–Trinajstić information content (AvgIpc) is 2.14. The van der Waals surface area contributed by atoms with E-state index in [9.17, 15) is 13.6 Å². The van der Waals surface area contributed by atoms with E-state index in [0.29, 0.717) is 10.0 Å². The van der Waals surface area contributed by atoms with Gasteiger partial charge >= 0.3 is 6.47 Å². The number of hydrogen-bond acceptors (Lipinski definition) is 2. The SMILES string of the molecule is O=[C]OCc1ccc(C(F)F)c(Br)c1. The Morgan fingerprint density at radius 2 is 2.21 bits per heavy atom. The van der Waals surface area contributed by atoms with Gasteiger partial charge in [0.15, 0.2) is 0 Å². The van der Waals surface area contributed by atoms with Crippen LogP contribution in [0.2, 0.25) is 0 Å². The summed E-state index contributed by atoms with van der Waals surface area (Å²) < 4.78 is 29.2. The standard InChI is InChI=1S/C9H6BrF2O2/c10-8-3-6(4-14-5-13)1-2-7(8)9(11)12/h1-3,9H,4H2. The first-order valence-electron chi connectivity index (χ1n) is 3.70. The molecule has 0 aliphatic carbocycles. The van der Waals surface area contributed by atoms with Gasteiger partial charge in [0.2, 0.25) is 0 Å². The Balaban J connectivity index is 2.83. The maximum Gasteiger partial charge on any atom is 0.417 e. The number of rotatable bonds is 4. The molecule has 0 bridgehead atoms. The molecular formula is C9H6BrF2O2. The van der Waals surface area contributed by atoms with Crippen molar-refractivity contribution < 1.29 is 18.3 Å². The number of alkyl halides is 2. The molecule has 1 rings (SSSR count). The van der Waals surface area contributed by atoms with Crippen molar-refractivity contribution in [1.82, 2.24) is 0 Å². The van der Waals surface area contributed by atoms with Gasteiger partial charge in [0.1, 0.15) is 6.61 Å². The van der Waals surface area contributed by atoms with Gasteiger partial charge in [-0.2, -0.15) is 0 Å². The molecule has 0 spiro atoms. The van der Waals surface area contributed by atoms with Crippen molar-refractivity contribution in [2.24, 2.45) is 0 Å². The topological polar surface area (TPSA) is 26.3 Å². The molecule has 0 unspecified atom stereocenters. The summed E-state index contributed by atoms with van der Waals surface area (Å²) in [5, 5.41) is 0. The molecule has 14 heavy (non-hydrogen) atoms. The van der Waals surface area contributed by atoms with Crippen LogP contribution in [0, 0.1) is 0 Å². The Hall–Kier alpha value is -0.970. The number of hydrogen-bond donors (Lipinski definition) is 0. The number of benzene rings is 1. The first-order chi connectivity index (χ1) is 6.65. The van der Waals surface area contributed by atoms with Crippen LogP contribution < -0.4 is 0 Å². The predicted octanol–water partition coefficient (Wildman–Crippen LogP) is 2.97. The van der Waals surface area contributed by atoms with Gasteiger partial charge in [-0.1, -0.05) is 28.1 Å². The Morgan fingerprint density at radius 1 is 1.50 bits per heavy atom. The Kier molecular flexibility index (Phi) is 4.00. The third-order valence-corrected chi connectivity index (χ3v) is 2.28. The normalized spacial score (nSPS) is 10.3. The number of carbonyl (C=O) groups excluding carboxylic acids is 1. The molecule has 0 saturated heterocycles. The summed E-state index contributed by atoms with van der Waals surface area (Å²) in [6, 6.07) is 4.25. The maximum atomic E-state index is 12.3. The van der Waals surface area contributed by atoms with Gasteiger partial charge in [0.05, 0.1) is 0 Å². The number of halogens is 3. The van der Waals surface area contributed by atoms with E-state index in [0.717, 1.165) is 0 Å². The summed E-state index contributed by atoms with van der Waals surface area (Å²) in [5.74, 6) is 0. The molecule has 1 aromatic rings.